The average Bonchev–Trinajstić information content (AvgIpc) is 2.94. The van der Waals surface area contributed by atoms with Gasteiger partial charge in [-0.15, -0.1) is 0 Å². The Morgan fingerprint density at radius 2 is 2.20 bits per heavy atom. The molecule has 2 N–H and O–H groups in total. The molecule has 0 saturated carbocycles. The largest absolute Gasteiger partial charge is 0.478 e. The van der Waals surface area contributed by atoms with Crippen molar-refractivity contribution in [1.29, 1.82) is 0 Å². The zero-order valence-electron chi connectivity index (χ0n) is 11.4. The van der Waals surface area contributed by atoms with Gasteiger partial charge in [-0.05, 0) is 18.6 Å². The number of hydrogen-bond donors (Lipinski definition) is 1. The Kier molecular flexibility index (Phi) is 3.12. The van der Waals surface area contributed by atoms with Gasteiger partial charge in [0, 0.05) is 30.2 Å². The van der Waals surface area contributed by atoms with Crippen LogP contribution in [0.1, 0.15) is 18.5 Å². The third kappa shape index (κ3) is 2.12. The molecule has 0 saturated heterocycles. The van der Waals surface area contributed by atoms with Crippen LogP contribution in [0.4, 0.5) is 0 Å². The predicted octanol–water partition coefficient (Wildman–Crippen LogP) is 2.42. The van der Waals surface area contributed by atoms with Gasteiger partial charge in [0.25, 0.3) is 5.88 Å². The third-order valence-corrected chi connectivity index (χ3v) is 3.24. The van der Waals surface area contributed by atoms with E-state index in [1.165, 1.54) is 0 Å². The fourth-order valence-electron chi connectivity index (χ4n) is 2.16. The molecule has 102 valence electrons. The van der Waals surface area contributed by atoms with E-state index in [1.54, 1.807) is 13.3 Å². The molecule has 0 aliphatic heterocycles. The fraction of sp³-hybridized carbons (Fsp3) is 0.200. The maximum Gasteiger partial charge on any atom is 0.258 e. The molecule has 3 rings (SSSR count). The summed E-state index contributed by atoms with van der Waals surface area (Å²) in [5.41, 5.74) is 9.55. The maximum absolute atomic E-state index is 5.93. The fourth-order valence-corrected chi connectivity index (χ4v) is 2.16. The number of rotatable bonds is 3. The predicted molar refractivity (Wildman–Crippen MR) is 77.6 cm³/mol. The van der Waals surface area contributed by atoms with Crippen LogP contribution >= 0.6 is 0 Å². The highest BCUT2D eigenvalue weighted by atomic mass is 16.5. The molecule has 0 bridgehead atoms. The van der Waals surface area contributed by atoms with Gasteiger partial charge in [-0.3, -0.25) is 0 Å². The minimum atomic E-state index is -0.00572. The summed E-state index contributed by atoms with van der Waals surface area (Å²) < 4.78 is 7.21. The number of imidazole rings is 1. The molecule has 0 aliphatic carbocycles. The number of nitrogens with zero attached hydrogens (tertiary/aromatic N) is 3. The first-order chi connectivity index (χ1) is 9.69. The number of fused-ring (bicyclic) bond motifs is 1. The van der Waals surface area contributed by atoms with Crippen LogP contribution in [0.5, 0.6) is 5.88 Å². The highest BCUT2D eigenvalue weighted by Crippen LogP contribution is 2.25. The Morgan fingerprint density at radius 1 is 1.35 bits per heavy atom. The average molecular weight is 268 g/mol. The van der Waals surface area contributed by atoms with Crippen molar-refractivity contribution in [2.45, 2.75) is 13.0 Å². The summed E-state index contributed by atoms with van der Waals surface area (Å²) in [5, 5.41) is 0. The van der Waals surface area contributed by atoms with Crippen molar-refractivity contribution >= 4 is 5.65 Å². The van der Waals surface area contributed by atoms with Gasteiger partial charge in [-0.1, -0.05) is 18.2 Å². The Balaban J connectivity index is 2.16. The van der Waals surface area contributed by atoms with Gasteiger partial charge in [0.1, 0.15) is 0 Å². The highest BCUT2D eigenvalue weighted by molar-refractivity contribution is 5.63. The SMILES string of the molecule is COc1nc(-c2cccc(C(C)N)c2)cn2ccnc12. The van der Waals surface area contributed by atoms with Crippen LogP contribution in [-0.4, -0.2) is 21.5 Å². The molecule has 1 unspecified atom stereocenters. The Bertz CT molecular complexity index is 748. The molecule has 5 nitrogen and oxygen atoms in total. The van der Waals surface area contributed by atoms with Gasteiger partial charge in [-0.2, -0.15) is 0 Å². The van der Waals surface area contributed by atoms with Crippen LogP contribution in [0.2, 0.25) is 0 Å². The van der Waals surface area contributed by atoms with Crippen molar-refractivity contribution in [3.05, 3.63) is 48.4 Å². The molecule has 20 heavy (non-hydrogen) atoms. The van der Waals surface area contributed by atoms with E-state index in [0.29, 0.717) is 11.5 Å². The number of methoxy groups -OCH3 is 1. The van der Waals surface area contributed by atoms with E-state index in [0.717, 1.165) is 16.8 Å². The van der Waals surface area contributed by atoms with E-state index in [1.807, 2.05) is 41.9 Å². The van der Waals surface area contributed by atoms with E-state index in [9.17, 15) is 0 Å². The molecule has 0 spiro atoms. The summed E-state index contributed by atoms with van der Waals surface area (Å²) in [4.78, 5) is 8.74. The molecule has 0 radical (unpaired) electrons. The lowest BCUT2D eigenvalue weighted by atomic mass is 10.0. The van der Waals surface area contributed by atoms with E-state index in [-0.39, 0.29) is 6.04 Å². The smallest absolute Gasteiger partial charge is 0.258 e. The molecule has 0 fully saturated rings. The van der Waals surface area contributed by atoms with Gasteiger partial charge in [0.05, 0.1) is 12.8 Å². The monoisotopic (exact) mass is 268 g/mol. The lowest BCUT2D eigenvalue weighted by Gasteiger charge is -2.09. The number of aromatic nitrogens is 3. The lowest BCUT2D eigenvalue weighted by molar-refractivity contribution is 0.400. The van der Waals surface area contributed by atoms with Crippen molar-refractivity contribution in [1.82, 2.24) is 14.4 Å². The molecule has 1 atom stereocenters. The molecule has 1 aromatic carbocycles. The second kappa shape index (κ2) is 4.94. The zero-order valence-corrected chi connectivity index (χ0v) is 11.4. The Morgan fingerprint density at radius 3 is 2.95 bits per heavy atom. The summed E-state index contributed by atoms with van der Waals surface area (Å²) in [6.07, 6.45) is 5.53. The van der Waals surface area contributed by atoms with Crippen LogP contribution in [0, 0.1) is 0 Å². The standard InChI is InChI=1S/C15H16N4O/c1-10(16)11-4-3-5-12(8-11)13-9-19-7-6-17-14(19)15(18-13)20-2/h3-10H,16H2,1-2H3. The lowest BCUT2D eigenvalue weighted by Crippen LogP contribution is -2.05. The number of nitrogens with two attached hydrogens (primary N) is 1. The second-order valence-electron chi connectivity index (χ2n) is 4.71. The second-order valence-corrected chi connectivity index (χ2v) is 4.71. The van der Waals surface area contributed by atoms with Crippen LogP contribution in [-0.2, 0) is 0 Å². The van der Waals surface area contributed by atoms with Gasteiger partial charge in [-0.25, -0.2) is 9.97 Å². The number of ether oxygens (including phenoxy) is 1. The molecular formula is C15H16N4O. The number of hydrogen-bond acceptors (Lipinski definition) is 4. The summed E-state index contributed by atoms with van der Waals surface area (Å²) >= 11 is 0. The first-order valence-corrected chi connectivity index (χ1v) is 6.42. The molecule has 3 aromatic rings. The third-order valence-electron chi connectivity index (χ3n) is 3.24. The first-order valence-electron chi connectivity index (χ1n) is 6.42. The topological polar surface area (TPSA) is 65.4 Å². The Labute approximate surface area is 117 Å². The zero-order chi connectivity index (χ0) is 14.1. The molecule has 0 aliphatic rings. The highest BCUT2D eigenvalue weighted by Gasteiger charge is 2.10. The van der Waals surface area contributed by atoms with E-state index in [4.69, 9.17) is 10.5 Å². The number of benzene rings is 1. The Hall–Kier alpha value is -2.40. The van der Waals surface area contributed by atoms with Crippen molar-refractivity contribution < 1.29 is 4.74 Å². The van der Waals surface area contributed by atoms with Gasteiger partial charge >= 0.3 is 0 Å². The van der Waals surface area contributed by atoms with Crippen molar-refractivity contribution in [3.8, 4) is 17.1 Å². The quantitative estimate of drug-likeness (QED) is 0.792. The summed E-state index contributed by atoms with van der Waals surface area (Å²) in [7, 11) is 1.60. The minimum Gasteiger partial charge on any atom is -0.478 e. The van der Waals surface area contributed by atoms with E-state index < -0.39 is 0 Å². The van der Waals surface area contributed by atoms with Crippen LogP contribution in [0.15, 0.2) is 42.9 Å². The van der Waals surface area contributed by atoms with Gasteiger partial charge in [0.2, 0.25) is 0 Å². The van der Waals surface area contributed by atoms with Gasteiger partial charge < -0.3 is 14.9 Å². The summed E-state index contributed by atoms with van der Waals surface area (Å²) in [5.74, 6) is 0.513. The molecular weight excluding hydrogens is 252 g/mol. The van der Waals surface area contributed by atoms with E-state index in [2.05, 4.69) is 16.0 Å². The molecule has 5 heteroatoms. The summed E-state index contributed by atoms with van der Waals surface area (Å²) in [6, 6.07) is 8.06. The van der Waals surface area contributed by atoms with Crippen LogP contribution in [0.25, 0.3) is 16.9 Å². The van der Waals surface area contributed by atoms with Gasteiger partial charge in [0.15, 0.2) is 5.65 Å². The molecule has 2 aromatic heterocycles. The minimum absolute atomic E-state index is 0.00572. The van der Waals surface area contributed by atoms with Crippen LogP contribution < -0.4 is 10.5 Å². The molecule has 0 amide bonds. The van der Waals surface area contributed by atoms with Crippen molar-refractivity contribution in [3.63, 3.8) is 0 Å². The van der Waals surface area contributed by atoms with E-state index >= 15 is 0 Å². The first kappa shape index (κ1) is 12.6. The van der Waals surface area contributed by atoms with Crippen molar-refractivity contribution in [2.24, 2.45) is 5.73 Å². The van der Waals surface area contributed by atoms with Crippen LogP contribution in [0.3, 0.4) is 0 Å². The van der Waals surface area contributed by atoms with Crippen molar-refractivity contribution in [2.75, 3.05) is 7.11 Å². The summed E-state index contributed by atoms with van der Waals surface area (Å²) in [6.45, 7) is 1.96. The maximum atomic E-state index is 5.93. The molecule has 2 heterocycles. The normalized spacial score (nSPS) is 12.6.